The van der Waals surface area contributed by atoms with Crippen LogP contribution in [0.3, 0.4) is 0 Å². The van der Waals surface area contributed by atoms with Crippen molar-refractivity contribution < 1.29 is 27.2 Å². The standard InChI is InChI=1S/C30H35F3N6O3/c1-17(23-12-18(31)16-39(23)4)40-26-15-27(41-20-9-11-35-19(13-20)8-10-34)37-29(36-26)24-14-25(38-42-24)30(2,3)28-21(32)6-5-7-22(28)33/h5-7,14-15,17-20,23,35H,8-9,11-13,16H2,1-4H3/t17-,18-,19+,20-,23-/m0/s1. The number of likely N-dealkylation sites (N-methyl/N-ethyl adjacent to an activating group) is 1. The number of benzene rings is 1. The minimum absolute atomic E-state index is 0.00944. The second-order valence-electron chi connectivity index (χ2n) is 11.6. The Bertz CT molecular complexity index is 1420. The third-order valence-corrected chi connectivity index (χ3v) is 8.11. The summed E-state index contributed by atoms with van der Waals surface area (Å²) in [6.45, 7) is 6.19. The van der Waals surface area contributed by atoms with Gasteiger partial charge in [-0.1, -0.05) is 11.2 Å². The van der Waals surface area contributed by atoms with Crippen LogP contribution in [0.1, 0.15) is 57.7 Å². The van der Waals surface area contributed by atoms with Crippen LogP contribution in [0.5, 0.6) is 11.8 Å². The number of piperidine rings is 1. The summed E-state index contributed by atoms with van der Waals surface area (Å²) in [5.41, 5.74) is -1.02. The second kappa shape index (κ2) is 12.3. The van der Waals surface area contributed by atoms with Crippen molar-refractivity contribution in [3.8, 4) is 29.4 Å². The van der Waals surface area contributed by atoms with Crippen molar-refractivity contribution in [2.45, 2.75) is 82.3 Å². The van der Waals surface area contributed by atoms with Crippen LogP contribution in [0.25, 0.3) is 11.6 Å². The number of alkyl halides is 1. The van der Waals surface area contributed by atoms with Crippen LogP contribution in [0.4, 0.5) is 13.2 Å². The largest absolute Gasteiger partial charge is 0.474 e. The van der Waals surface area contributed by atoms with E-state index < -0.39 is 29.3 Å². The van der Waals surface area contributed by atoms with Crippen LogP contribution in [0.15, 0.2) is 34.9 Å². The van der Waals surface area contributed by atoms with Gasteiger partial charge in [-0.15, -0.1) is 0 Å². The van der Waals surface area contributed by atoms with Gasteiger partial charge in [-0.05, 0) is 59.3 Å². The smallest absolute Gasteiger partial charge is 0.221 e. The van der Waals surface area contributed by atoms with E-state index in [4.69, 9.17) is 19.3 Å². The number of likely N-dealkylation sites (tertiary alicyclic amines) is 1. The first-order valence-electron chi connectivity index (χ1n) is 14.1. The number of rotatable bonds is 9. The topological polar surface area (TPSA) is 109 Å². The fourth-order valence-electron chi connectivity index (χ4n) is 5.83. The van der Waals surface area contributed by atoms with Crippen LogP contribution >= 0.6 is 0 Å². The van der Waals surface area contributed by atoms with E-state index in [2.05, 4.69) is 26.5 Å². The third-order valence-electron chi connectivity index (χ3n) is 8.11. The van der Waals surface area contributed by atoms with Crippen molar-refractivity contribution in [1.82, 2.24) is 25.3 Å². The Morgan fingerprint density at radius 2 is 1.93 bits per heavy atom. The van der Waals surface area contributed by atoms with Crippen molar-refractivity contribution in [2.24, 2.45) is 0 Å². The maximum Gasteiger partial charge on any atom is 0.221 e. The van der Waals surface area contributed by atoms with E-state index >= 15 is 0 Å². The Kier molecular flexibility index (Phi) is 8.70. The van der Waals surface area contributed by atoms with Crippen molar-refractivity contribution in [3.05, 3.63) is 53.2 Å². The minimum Gasteiger partial charge on any atom is -0.474 e. The molecule has 0 amide bonds. The Hall–Kier alpha value is -3.69. The molecule has 2 aliphatic rings. The molecule has 1 aromatic carbocycles. The number of nitrogens with one attached hydrogen (secondary N) is 1. The van der Waals surface area contributed by atoms with Gasteiger partial charge in [-0.2, -0.15) is 15.2 Å². The van der Waals surface area contributed by atoms with E-state index in [0.29, 0.717) is 38.8 Å². The van der Waals surface area contributed by atoms with Gasteiger partial charge in [0.05, 0.1) is 24.3 Å². The summed E-state index contributed by atoms with van der Waals surface area (Å²) < 4.78 is 61.4. The molecule has 9 nitrogen and oxygen atoms in total. The first kappa shape index (κ1) is 29.8. The Labute approximate surface area is 243 Å². The van der Waals surface area contributed by atoms with Crippen LogP contribution in [-0.2, 0) is 5.41 Å². The monoisotopic (exact) mass is 584 g/mol. The van der Waals surface area contributed by atoms with E-state index in [1.807, 2.05) is 18.9 Å². The number of aromatic nitrogens is 3. The normalized spacial score (nSPS) is 23.9. The van der Waals surface area contributed by atoms with Crippen LogP contribution < -0.4 is 14.8 Å². The molecular weight excluding hydrogens is 549 g/mol. The number of hydrogen-bond acceptors (Lipinski definition) is 9. The molecule has 4 heterocycles. The highest BCUT2D eigenvalue weighted by Gasteiger charge is 2.36. The van der Waals surface area contributed by atoms with Gasteiger partial charge in [0.1, 0.15) is 30.0 Å². The molecule has 0 aliphatic carbocycles. The number of ether oxygens (including phenoxy) is 2. The third kappa shape index (κ3) is 6.37. The molecule has 12 heteroatoms. The molecule has 1 N–H and O–H groups in total. The Morgan fingerprint density at radius 1 is 1.19 bits per heavy atom. The summed E-state index contributed by atoms with van der Waals surface area (Å²) in [5.74, 6) is -0.658. The maximum absolute atomic E-state index is 14.7. The molecule has 0 spiro atoms. The molecule has 5 atom stereocenters. The maximum atomic E-state index is 14.7. The fourth-order valence-corrected chi connectivity index (χ4v) is 5.83. The molecule has 5 rings (SSSR count). The van der Waals surface area contributed by atoms with Gasteiger partial charge in [-0.3, -0.25) is 4.90 Å². The lowest BCUT2D eigenvalue weighted by Gasteiger charge is -2.29. The van der Waals surface area contributed by atoms with Gasteiger partial charge in [0.25, 0.3) is 0 Å². The first-order valence-corrected chi connectivity index (χ1v) is 14.1. The van der Waals surface area contributed by atoms with Gasteiger partial charge in [-0.25, -0.2) is 13.2 Å². The predicted octanol–water partition coefficient (Wildman–Crippen LogP) is 4.96. The van der Waals surface area contributed by atoms with E-state index in [1.165, 1.54) is 18.2 Å². The van der Waals surface area contributed by atoms with Crippen molar-refractivity contribution in [3.63, 3.8) is 0 Å². The minimum atomic E-state index is -1.17. The average Bonchev–Trinajstić information content (AvgIpc) is 3.56. The molecule has 0 bridgehead atoms. The van der Waals surface area contributed by atoms with Crippen molar-refractivity contribution in [1.29, 1.82) is 5.26 Å². The summed E-state index contributed by atoms with van der Waals surface area (Å²) in [7, 11) is 1.86. The Balaban J connectivity index is 1.45. The zero-order valence-corrected chi connectivity index (χ0v) is 24.1. The summed E-state index contributed by atoms with van der Waals surface area (Å²) in [5, 5.41) is 16.5. The summed E-state index contributed by atoms with van der Waals surface area (Å²) in [6, 6.07) is 8.89. The molecule has 42 heavy (non-hydrogen) atoms. The highest BCUT2D eigenvalue weighted by molar-refractivity contribution is 5.51. The quantitative estimate of drug-likeness (QED) is 0.373. The number of nitriles is 1. The second-order valence-corrected chi connectivity index (χ2v) is 11.6. The van der Waals surface area contributed by atoms with Crippen molar-refractivity contribution >= 4 is 0 Å². The van der Waals surface area contributed by atoms with E-state index in [0.717, 1.165) is 0 Å². The molecular formula is C30H35F3N6O3. The van der Waals surface area contributed by atoms with Gasteiger partial charge in [0, 0.05) is 42.1 Å². The molecule has 2 saturated heterocycles. The predicted molar refractivity (Wildman–Crippen MR) is 148 cm³/mol. The molecule has 3 aromatic rings. The van der Waals surface area contributed by atoms with Gasteiger partial charge >= 0.3 is 0 Å². The van der Waals surface area contributed by atoms with E-state index in [-0.39, 0.29) is 52.8 Å². The zero-order valence-electron chi connectivity index (χ0n) is 24.1. The number of halogens is 3. The molecule has 0 saturated carbocycles. The molecule has 2 aliphatic heterocycles. The van der Waals surface area contributed by atoms with E-state index in [9.17, 15) is 13.2 Å². The van der Waals surface area contributed by atoms with Gasteiger partial charge in [0.2, 0.25) is 23.3 Å². The van der Waals surface area contributed by atoms with Gasteiger partial charge in [0.15, 0.2) is 0 Å². The summed E-state index contributed by atoms with van der Waals surface area (Å²) in [6.07, 6.45) is 0.540. The van der Waals surface area contributed by atoms with Crippen molar-refractivity contribution in [2.75, 3.05) is 20.1 Å². The number of nitrogens with zero attached hydrogens (tertiary/aromatic N) is 5. The van der Waals surface area contributed by atoms with Crippen LogP contribution in [-0.4, -0.2) is 70.6 Å². The zero-order chi connectivity index (χ0) is 30.0. The molecule has 0 unspecified atom stereocenters. The first-order chi connectivity index (χ1) is 20.0. The Morgan fingerprint density at radius 3 is 2.62 bits per heavy atom. The number of hydrogen-bond donors (Lipinski definition) is 1. The molecule has 224 valence electrons. The lowest BCUT2D eigenvalue weighted by molar-refractivity contribution is 0.113. The molecule has 0 radical (unpaired) electrons. The summed E-state index contributed by atoms with van der Waals surface area (Å²) in [4.78, 5) is 11.0. The van der Waals surface area contributed by atoms with E-state index in [1.54, 1.807) is 26.0 Å². The lowest BCUT2D eigenvalue weighted by Crippen LogP contribution is -2.42. The lowest BCUT2D eigenvalue weighted by atomic mass is 9.80. The molecule has 2 fully saturated rings. The van der Waals surface area contributed by atoms with Crippen LogP contribution in [0, 0.1) is 23.0 Å². The summed E-state index contributed by atoms with van der Waals surface area (Å²) >= 11 is 0. The molecule has 2 aromatic heterocycles. The highest BCUT2D eigenvalue weighted by atomic mass is 19.1. The van der Waals surface area contributed by atoms with Crippen LogP contribution in [0.2, 0.25) is 0 Å². The van der Waals surface area contributed by atoms with Gasteiger partial charge < -0.3 is 19.3 Å². The SMILES string of the molecule is C[C@H](Oc1cc(O[C@H]2CCN[C@H](CC#N)C2)nc(-c2cc(C(C)(C)c3c(F)cccc3F)no2)n1)[C@@H]1C[C@H](F)CN1C. The fraction of sp³-hybridized carbons (Fsp3) is 0.533. The highest BCUT2D eigenvalue weighted by Crippen LogP contribution is 2.36. The average molecular weight is 585 g/mol.